The highest BCUT2D eigenvalue weighted by molar-refractivity contribution is 6.40. The molecular weight excluding hydrogens is 284 g/mol. The molecule has 0 radical (unpaired) electrons. The average molecular weight is 299 g/mol. The van der Waals surface area contributed by atoms with Crippen LogP contribution in [0.3, 0.4) is 0 Å². The quantitative estimate of drug-likeness (QED) is 0.730. The summed E-state index contributed by atoms with van der Waals surface area (Å²) in [6, 6.07) is 9.06. The lowest BCUT2D eigenvalue weighted by Crippen LogP contribution is -2.16. The van der Waals surface area contributed by atoms with Crippen LogP contribution in [0.15, 0.2) is 30.3 Å². The fourth-order valence-corrected chi connectivity index (χ4v) is 3.58. The number of halogens is 1. The van der Waals surface area contributed by atoms with Gasteiger partial charge in [0.15, 0.2) is 11.6 Å². The molecule has 0 bridgehead atoms. The van der Waals surface area contributed by atoms with Gasteiger partial charge in [-0.05, 0) is 43.5 Å². The van der Waals surface area contributed by atoms with Gasteiger partial charge in [-0.15, -0.1) is 0 Å². The molecule has 2 aromatic rings. The number of benzene rings is 2. The molecule has 0 saturated heterocycles. The van der Waals surface area contributed by atoms with E-state index in [2.05, 4.69) is 0 Å². The van der Waals surface area contributed by atoms with Gasteiger partial charge in [0.05, 0.1) is 5.02 Å². The summed E-state index contributed by atoms with van der Waals surface area (Å²) in [5.74, 6) is -1.08. The van der Waals surface area contributed by atoms with Crippen LogP contribution in [0.1, 0.15) is 48.9 Å². The number of carbonyl (C=O) groups excluding carboxylic acids is 2. The Hall–Kier alpha value is -1.93. The summed E-state index contributed by atoms with van der Waals surface area (Å²) in [7, 11) is 0. The van der Waals surface area contributed by atoms with Crippen molar-refractivity contribution in [3.63, 3.8) is 0 Å². The van der Waals surface area contributed by atoms with Gasteiger partial charge in [0.1, 0.15) is 5.92 Å². The molecule has 3 rings (SSSR count). The van der Waals surface area contributed by atoms with Gasteiger partial charge in [-0.25, -0.2) is 0 Å². The van der Waals surface area contributed by atoms with E-state index >= 15 is 0 Å². The van der Waals surface area contributed by atoms with Crippen LogP contribution in [0, 0.1) is 20.8 Å². The lowest BCUT2D eigenvalue weighted by atomic mass is 9.86. The fourth-order valence-electron chi connectivity index (χ4n) is 3.31. The number of fused-ring (bicyclic) bond motifs is 1. The lowest BCUT2D eigenvalue weighted by molar-refractivity contribution is 0.0889. The van der Waals surface area contributed by atoms with Gasteiger partial charge in [0.25, 0.3) is 0 Å². The molecule has 21 heavy (non-hydrogen) atoms. The first-order valence-corrected chi connectivity index (χ1v) is 7.24. The van der Waals surface area contributed by atoms with Crippen molar-refractivity contribution in [2.75, 3.05) is 0 Å². The third-order valence-corrected chi connectivity index (χ3v) is 4.39. The summed E-state index contributed by atoms with van der Waals surface area (Å²) in [5.41, 5.74) is 4.71. The number of ketones is 2. The van der Waals surface area contributed by atoms with E-state index in [1.54, 1.807) is 18.2 Å². The lowest BCUT2D eigenvalue weighted by Gasteiger charge is -2.15. The number of carbonyl (C=O) groups is 2. The van der Waals surface area contributed by atoms with Crippen molar-refractivity contribution < 1.29 is 9.59 Å². The molecule has 0 aromatic heterocycles. The molecule has 0 aliphatic heterocycles. The maximum atomic E-state index is 12.7. The molecule has 106 valence electrons. The maximum absolute atomic E-state index is 12.7. The highest BCUT2D eigenvalue weighted by Crippen LogP contribution is 2.39. The predicted octanol–water partition coefficient (Wildman–Crippen LogP) is 4.43. The summed E-state index contributed by atoms with van der Waals surface area (Å²) in [5, 5.41) is 0.357. The first-order chi connectivity index (χ1) is 9.91. The number of Topliss-reactive ketones (excluding diaryl/α,β-unsaturated/α-hetero) is 2. The highest BCUT2D eigenvalue weighted by atomic mass is 35.5. The minimum atomic E-state index is -0.750. The van der Waals surface area contributed by atoms with Gasteiger partial charge in [-0.3, -0.25) is 9.59 Å². The van der Waals surface area contributed by atoms with Crippen molar-refractivity contribution in [1.29, 1.82) is 0 Å². The topological polar surface area (TPSA) is 34.1 Å². The zero-order valence-electron chi connectivity index (χ0n) is 12.2. The van der Waals surface area contributed by atoms with Gasteiger partial charge >= 0.3 is 0 Å². The predicted molar refractivity (Wildman–Crippen MR) is 83.5 cm³/mol. The van der Waals surface area contributed by atoms with Crippen LogP contribution in [-0.2, 0) is 0 Å². The Morgan fingerprint density at radius 3 is 2.14 bits per heavy atom. The molecule has 0 saturated carbocycles. The Bertz CT molecular complexity index is 767. The molecule has 0 amide bonds. The van der Waals surface area contributed by atoms with E-state index in [4.69, 9.17) is 11.6 Å². The molecule has 0 N–H and O–H groups in total. The first kappa shape index (κ1) is 14.0. The van der Waals surface area contributed by atoms with Crippen LogP contribution in [0.25, 0.3) is 0 Å². The van der Waals surface area contributed by atoms with Crippen molar-refractivity contribution in [2.45, 2.75) is 26.7 Å². The van der Waals surface area contributed by atoms with E-state index < -0.39 is 5.92 Å². The number of hydrogen-bond acceptors (Lipinski definition) is 2. The van der Waals surface area contributed by atoms with Crippen LogP contribution in [0.5, 0.6) is 0 Å². The molecule has 1 aliphatic carbocycles. The molecule has 1 atom stereocenters. The van der Waals surface area contributed by atoms with E-state index in [1.807, 2.05) is 32.9 Å². The molecule has 0 fully saturated rings. The van der Waals surface area contributed by atoms with Gasteiger partial charge in [-0.2, -0.15) is 0 Å². The van der Waals surface area contributed by atoms with Gasteiger partial charge < -0.3 is 0 Å². The summed E-state index contributed by atoms with van der Waals surface area (Å²) < 4.78 is 0. The smallest absolute Gasteiger partial charge is 0.180 e. The monoisotopic (exact) mass is 298 g/mol. The Morgan fingerprint density at radius 1 is 0.952 bits per heavy atom. The van der Waals surface area contributed by atoms with Crippen LogP contribution < -0.4 is 0 Å². The van der Waals surface area contributed by atoms with Gasteiger partial charge in [0, 0.05) is 11.1 Å². The molecule has 0 spiro atoms. The molecule has 3 heteroatoms. The molecule has 2 aromatic carbocycles. The minimum Gasteiger partial charge on any atom is -0.293 e. The third kappa shape index (κ3) is 2.02. The number of rotatable bonds is 1. The summed E-state index contributed by atoms with van der Waals surface area (Å²) >= 11 is 6.11. The largest absolute Gasteiger partial charge is 0.293 e. The van der Waals surface area contributed by atoms with Crippen molar-refractivity contribution in [3.05, 3.63) is 68.7 Å². The second-order valence-electron chi connectivity index (χ2n) is 5.64. The standard InChI is InChI=1S/C18H15ClO2/c1-9-7-10(2)14(11(3)8-9)16-17(20)12-5-4-6-13(19)15(12)18(16)21/h4-8,16H,1-3H3. The normalized spacial score (nSPS) is 17.2. The van der Waals surface area contributed by atoms with Crippen molar-refractivity contribution >= 4 is 23.2 Å². The Labute approximate surface area is 128 Å². The molecule has 2 nitrogen and oxygen atoms in total. The zero-order chi connectivity index (χ0) is 15.3. The van der Waals surface area contributed by atoms with E-state index in [0.717, 1.165) is 22.3 Å². The first-order valence-electron chi connectivity index (χ1n) is 6.86. The Morgan fingerprint density at radius 2 is 1.57 bits per heavy atom. The fraction of sp³-hybridized carbons (Fsp3) is 0.222. The van der Waals surface area contributed by atoms with E-state index in [1.165, 1.54) is 0 Å². The van der Waals surface area contributed by atoms with Crippen molar-refractivity contribution in [1.82, 2.24) is 0 Å². The molecule has 1 aliphatic rings. The van der Waals surface area contributed by atoms with Crippen LogP contribution in [0.2, 0.25) is 5.02 Å². The van der Waals surface area contributed by atoms with Crippen LogP contribution in [0.4, 0.5) is 0 Å². The summed E-state index contributed by atoms with van der Waals surface area (Å²) in [6.07, 6.45) is 0. The minimum absolute atomic E-state index is 0.146. The average Bonchev–Trinajstić information content (AvgIpc) is 2.64. The molecule has 0 heterocycles. The van der Waals surface area contributed by atoms with Crippen LogP contribution in [-0.4, -0.2) is 11.6 Å². The maximum Gasteiger partial charge on any atom is 0.180 e. The third-order valence-electron chi connectivity index (χ3n) is 4.08. The number of aryl methyl sites for hydroxylation is 3. The zero-order valence-corrected chi connectivity index (χ0v) is 12.9. The van der Waals surface area contributed by atoms with E-state index in [9.17, 15) is 9.59 Å². The second kappa shape index (κ2) is 4.81. The van der Waals surface area contributed by atoms with Crippen molar-refractivity contribution in [2.24, 2.45) is 0 Å². The summed E-state index contributed by atoms with van der Waals surface area (Å²) in [4.78, 5) is 25.4. The van der Waals surface area contributed by atoms with Gasteiger partial charge in [0.2, 0.25) is 0 Å². The van der Waals surface area contributed by atoms with E-state index in [-0.39, 0.29) is 11.6 Å². The van der Waals surface area contributed by atoms with Crippen LogP contribution >= 0.6 is 11.6 Å². The molecule has 1 unspecified atom stereocenters. The van der Waals surface area contributed by atoms with Gasteiger partial charge in [-0.1, -0.05) is 41.4 Å². The Balaban J connectivity index is 2.22. The Kier molecular flexibility index (Phi) is 3.22. The number of hydrogen-bond donors (Lipinski definition) is 0. The van der Waals surface area contributed by atoms with Crippen molar-refractivity contribution in [3.8, 4) is 0 Å². The second-order valence-corrected chi connectivity index (χ2v) is 6.04. The molecular formula is C18H15ClO2. The van der Waals surface area contributed by atoms with E-state index in [0.29, 0.717) is 16.1 Å². The summed E-state index contributed by atoms with van der Waals surface area (Å²) in [6.45, 7) is 5.90. The SMILES string of the molecule is Cc1cc(C)c(C2C(=O)c3cccc(Cl)c3C2=O)c(C)c1. The highest BCUT2D eigenvalue weighted by Gasteiger charge is 2.42.